The van der Waals surface area contributed by atoms with E-state index in [0.29, 0.717) is 15.8 Å². The van der Waals surface area contributed by atoms with Gasteiger partial charge in [0.25, 0.3) is 0 Å². The molecule has 0 heterocycles. The van der Waals surface area contributed by atoms with Crippen LogP contribution in [-0.2, 0) is 6.42 Å². The van der Waals surface area contributed by atoms with Crippen LogP contribution in [0.5, 0.6) is 5.75 Å². The monoisotopic (exact) mass is 323 g/mol. The van der Waals surface area contributed by atoms with Crippen molar-refractivity contribution in [1.82, 2.24) is 5.32 Å². The molecular formula is C17H19Cl2NO. The van der Waals surface area contributed by atoms with Crippen LogP contribution in [0, 0.1) is 0 Å². The van der Waals surface area contributed by atoms with Crippen molar-refractivity contribution in [3.8, 4) is 5.75 Å². The summed E-state index contributed by atoms with van der Waals surface area (Å²) in [7, 11) is 1.94. The molecule has 1 N–H and O–H groups in total. The highest BCUT2D eigenvalue weighted by Gasteiger charge is 2.13. The topological polar surface area (TPSA) is 21.3 Å². The Bertz CT molecular complexity index is 560. The molecule has 0 aliphatic heterocycles. The Morgan fingerprint density at radius 2 is 1.86 bits per heavy atom. The molecule has 1 unspecified atom stereocenters. The fourth-order valence-corrected chi connectivity index (χ4v) is 2.46. The predicted molar refractivity (Wildman–Crippen MR) is 89.6 cm³/mol. The minimum atomic E-state index is 0.0517. The van der Waals surface area contributed by atoms with E-state index in [-0.39, 0.29) is 6.10 Å². The van der Waals surface area contributed by atoms with Gasteiger partial charge in [0.15, 0.2) is 0 Å². The molecule has 21 heavy (non-hydrogen) atoms. The highest BCUT2D eigenvalue weighted by molar-refractivity contribution is 6.34. The molecule has 112 valence electrons. The van der Waals surface area contributed by atoms with Crippen molar-refractivity contribution in [3.05, 3.63) is 64.1 Å². The van der Waals surface area contributed by atoms with Crippen molar-refractivity contribution >= 4 is 23.2 Å². The van der Waals surface area contributed by atoms with Crippen LogP contribution in [0.2, 0.25) is 10.0 Å². The van der Waals surface area contributed by atoms with Gasteiger partial charge in [-0.05, 0) is 37.7 Å². The average Bonchev–Trinajstić information content (AvgIpc) is 2.49. The van der Waals surface area contributed by atoms with Crippen LogP contribution in [0.25, 0.3) is 0 Å². The normalized spacial score (nSPS) is 12.1. The van der Waals surface area contributed by atoms with Gasteiger partial charge in [-0.1, -0.05) is 53.5 Å². The molecule has 0 bridgehead atoms. The molecule has 0 aliphatic carbocycles. The van der Waals surface area contributed by atoms with E-state index in [0.717, 1.165) is 19.4 Å². The molecule has 0 saturated heterocycles. The molecule has 0 radical (unpaired) electrons. The van der Waals surface area contributed by atoms with Crippen LogP contribution in [0.1, 0.15) is 12.0 Å². The van der Waals surface area contributed by atoms with Crippen molar-refractivity contribution in [1.29, 1.82) is 0 Å². The van der Waals surface area contributed by atoms with Gasteiger partial charge in [0.1, 0.15) is 11.9 Å². The van der Waals surface area contributed by atoms with Gasteiger partial charge in [-0.3, -0.25) is 0 Å². The highest BCUT2D eigenvalue weighted by Crippen LogP contribution is 2.29. The second-order valence-electron chi connectivity index (χ2n) is 4.90. The van der Waals surface area contributed by atoms with Gasteiger partial charge in [0.2, 0.25) is 0 Å². The number of halogens is 2. The fourth-order valence-electron chi connectivity index (χ4n) is 2.13. The molecule has 0 fully saturated rings. The van der Waals surface area contributed by atoms with Gasteiger partial charge in [0.05, 0.1) is 5.02 Å². The van der Waals surface area contributed by atoms with Crippen molar-refractivity contribution in [2.24, 2.45) is 0 Å². The summed E-state index contributed by atoms with van der Waals surface area (Å²) in [5, 5.41) is 4.37. The Balaban J connectivity index is 2.10. The molecular weight excluding hydrogens is 305 g/mol. The maximum atomic E-state index is 6.18. The van der Waals surface area contributed by atoms with Crippen molar-refractivity contribution in [3.63, 3.8) is 0 Å². The van der Waals surface area contributed by atoms with E-state index in [1.165, 1.54) is 5.56 Å². The summed E-state index contributed by atoms with van der Waals surface area (Å²) in [6, 6.07) is 15.6. The number of nitrogens with one attached hydrogen (secondary N) is 1. The van der Waals surface area contributed by atoms with Gasteiger partial charge in [-0.15, -0.1) is 0 Å². The summed E-state index contributed by atoms with van der Waals surface area (Å²) < 4.78 is 6.08. The largest absolute Gasteiger partial charge is 0.488 e. The van der Waals surface area contributed by atoms with Crippen molar-refractivity contribution < 1.29 is 4.74 Å². The molecule has 0 aliphatic rings. The Morgan fingerprint density at radius 1 is 1.10 bits per heavy atom. The molecule has 0 aromatic heterocycles. The van der Waals surface area contributed by atoms with E-state index in [1.54, 1.807) is 18.2 Å². The highest BCUT2D eigenvalue weighted by atomic mass is 35.5. The van der Waals surface area contributed by atoms with E-state index in [1.807, 2.05) is 25.2 Å². The number of ether oxygens (including phenoxy) is 1. The maximum absolute atomic E-state index is 6.18. The lowest BCUT2D eigenvalue weighted by Gasteiger charge is -2.20. The molecule has 0 amide bonds. The van der Waals surface area contributed by atoms with Gasteiger partial charge in [-0.2, -0.15) is 0 Å². The lowest BCUT2D eigenvalue weighted by Crippen LogP contribution is -2.25. The van der Waals surface area contributed by atoms with E-state index < -0.39 is 0 Å². The predicted octanol–water partition coefficient (Wildman–Crippen LogP) is 4.59. The second-order valence-corrected chi connectivity index (χ2v) is 5.74. The first kappa shape index (κ1) is 16.2. The smallest absolute Gasteiger partial charge is 0.139 e. The van der Waals surface area contributed by atoms with Crippen LogP contribution < -0.4 is 10.1 Å². The van der Waals surface area contributed by atoms with E-state index in [9.17, 15) is 0 Å². The minimum absolute atomic E-state index is 0.0517. The zero-order valence-electron chi connectivity index (χ0n) is 12.0. The Labute approximate surface area is 136 Å². The maximum Gasteiger partial charge on any atom is 0.139 e. The summed E-state index contributed by atoms with van der Waals surface area (Å²) in [4.78, 5) is 0. The van der Waals surface area contributed by atoms with Crippen LogP contribution >= 0.6 is 23.2 Å². The third-order valence-corrected chi connectivity index (χ3v) is 3.76. The Kier molecular flexibility index (Phi) is 6.37. The number of hydrogen-bond donors (Lipinski definition) is 1. The van der Waals surface area contributed by atoms with E-state index in [2.05, 4.69) is 17.4 Å². The zero-order valence-corrected chi connectivity index (χ0v) is 13.5. The number of hydrogen-bond acceptors (Lipinski definition) is 2. The van der Waals surface area contributed by atoms with Crippen molar-refractivity contribution in [2.75, 3.05) is 13.6 Å². The molecule has 2 nitrogen and oxygen atoms in total. The van der Waals surface area contributed by atoms with Crippen LogP contribution in [-0.4, -0.2) is 19.7 Å². The molecule has 2 aromatic rings. The molecule has 2 aromatic carbocycles. The number of rotatable bonds is 7. The molecule has 0 saturated carbocycles. The quantitative estimate of drug-likeness (QED) is 0.804. The first-order valence-corrected chi connectivity index (χ1v) is 7.75. The van der Waals surface area contributed by atoms with Gasteiger partial charge >= 0.3 is 0 Å². The van der Waals surface area contributed by atoms with Crippen LogP contribution in [0.15, 0.2) is 48.5 Å². The fraction of sp³-hybridized carbons (Fsp3) is 0.294. The first-order valence-electron chi connectivity index (χ1n) is 6.99. The zero-order chi connectivity index (χ0) is 15.1. The first-order chi connectivity index (χ1) is 10.2. The Morgan fingerprint density at radius 3 is 2.57 bits per heavy atom. The van der Waals surface area contributed by atoms with E-state index >= 15 is 0 Å². The standard InChI is InChI=1S/C17H19Cl2NO/c1-20-10-9-15(11-13-5-3-2-4-6-13)21-17-12-14(18)7-8-16(17)19/h2-8,12,15,20H,9-11H2,1H3. The van der Waals surface area contributed by atoms with Crippen LogP contribution in [0.4, 0.5) is 0 Å². The minimum Gasteiger partial charge on any atom is -0.488 e. The summed E-state index contributed by atoms with van der Waals surface area (Å²) in [5.74, 6) is 0.640. The van der Waals surface area contributed by atoms with Gasteiger partial charge in [0, 0.05) is 17.5 Å². The van der Waals surface area contributed by atoms with Crippen molar-refractivity contribution in [2.45, 2.75) is 18.9 Å². The SMILES string of the molecule is CNCCC(Cc1ccccc1)Oc1cc(Cl)ccc1Cl. The average molecular weight is 324 g/mol. The Hall–Kier alpha value is -1.22. The second kappa shape index (κ2) is 8.28. The third kappa shape index (κ3) is 5.24. The summed E-state index contributed by atoms with van der Waals surface area (Å²) in [6.45, 7) is 0.885. The molecule has 1 atom stereocenters. The number of benzene rings is 2. The third-order valence-electron chi connectivity index (χ3n) is 3.21. The van der Waals surface area contributed by atoms with E-state index in [4.69, 9.17) is 27.9 Å². The molecule has 4 heteroatoms. The summed E-state index contributed by atoms with van der Waals surface area (Å²) in [5.41, 5.74) is 1.25. The summed E-state index contributed by atoms with van der Waals surface area (Å²) >= 11 is 12.2. The van der Waals surface area contributed by atoms with Gasteiger partial charge < -0.3 is 10.1 Å². The van der Waals surface area contributed by atoms with Crippen LogP contribution in [0.3, 0.4) is 0 Å². The summed E-state index contributed by atoms with van der Waals surface area (Å²) in [6.07, 6.45) is 1.79. The van der Waals surface area contributed by atoms with Gasteiger partial charge in [-0.25, -0.2) is 0 Å². The molecule has 0 spiro atoms. The molecule has 2 rings (SSSR count). The lowest BCUT2D eigenvalue weighted by atomic mass is 10.1. The lowest BCUT2D eigenvalue weighted by molar-refractivity contribution is 0.191.